The molecule has 0 spiro atoms. The van der Waals surface area contributed by atoms with Crippen LogP contribution in [0, 0.1) is 42.3 Å². The fourth-order valence-electron chi connectivity index (χ4n) is 3.73. The quantitative estimate of drug-likeness (QED) is 0.222. The number of nitriles is 2. The molecule has 0 radical (unpaired) electrons. The molecule has 38 heavy (non-hydrogen) atoms. The molecule has 0 saturated heterocycles. The normalized spacial score (nSPS) is 10.4. The molecule has 0 aliphatic heterocycles. The highest BCUT2D eigenvalue weighted by atomic mass is 32.2. The average Bonchev–Trinajstić information content (AvgIpc) is 2.94. The van der Waals surface area contributed by atoms with E-state index in [4.69, 9.17) is 14.2 Å². The van der Waals surface area contributed by atoms with Gasteiger partial charge < -0.3 is 14.2 Å². The predicted molar refractivity (Wildman–Crippen MR) is 146 cm³/mol. The fraction of sp³-hybridized carbons (Fsp3) is 0.133. The van der Waals surface area contributed by atoms with Gasteiger partial charge in [-0.15, -0.1) is 0 Å². The molecule has 4 rings (SSSR count). The Kier molecular flexibility index (Phi) is 8.48. The monoisotopic (exact) mass is 542 g/mol. The smallest absolute Gasteiger partial charge is 0.161 e. The van der Waals surface area contributed by atoms with Crippen LogP contribution >= 0.6 is 23.5 Å². The lowest BCUT2D eigenvalue weighted by molar-refractivity contribution is 0.414. The number of hydrogen-bond donors (Lipinski definition) is 0. The second-order valence-electron chi connectivity index (χ2n) is 8.15. The zero-order valence-electron chi connectivity index (χ0n) is 21.2. The lowest BCUT2D eigenvalue weighted by Gasteiger charge is -2.20. The Morgan fingerprint density at radius 2 is 1.13 bits per heavy atom. The van der Waals surface area contributed by atoms with E-state index in [1.165, 1.54) is 11.8 Å². The number of para-hydroxylation sites is 1. The van der Waals surface area contributed by atoms with Crippen molar-refractivity contribution in [2.45, 2.75) is 33.4 Å². The van der Waals surface area contributed by atoms with Crippen molar-refractivity contribution in [3.05, 3.63) is 94.8 Å². The van der Waals surface area contributed by atoms with E-state index in [0.717, 1.165) is 32.7 Å². The summed E-state index contributed by atoms with van der Waals surface area (Å²) in [6, 6.07) is 24.1. The van der Waals surface area contributed by atoms with Gasteiger partial charge in [0.1, 0.15) is 40.5 Å². The van der Waals surface area contributed by atoms with Gasteiger partial charge in [0, 0.05) is 9.79 Å². The average molecular weight is 543 g/mol. The third-order valence-electron chi connectivity index (χ3n) is 5.70. The van der Waals surface area contributed by atoms with Gasteiger partial charge >= 0.3 is 0 Å². The molecule has 0 bridgehead atoms. The van der Waals surface area contributed by atoms with Crippen molar-refractivity contribution in [2.75, 3.05) is 14.2 Å². The number of ether oxygens (including phenoxy) is 3. The Bertz CT molecular complexity index is 1540. The highest BCUT2D eigenvalue weighted by Crippen LogP contribution is 2.50. The second-order valence-corrected chi connectivity index (χ2v) is 10.3. The van der Waals surface area contributed by atoms with E-state index in [-0.39, 0.29) is 21.8 Å². The van der Waals surface area contributed by atoms with Crippen molar-refractivity contribution in [3.8, 4) is 35.1 Å². The van der Waals surface area contributed by atoms with Gasteiger partial charge in [0.25, 0.3) is 0 Å². The van der Waals surface area contributed by atoms with Crippen LogP contribution in [0.5, 0.6) is 23.0 Å². The van der Waals surface area contributed by atoms with Gasteiger partial charge in [-0.3, -0.25) is 0 Å². The van der Waals surface area contributed by atoms with E-state index < -0.39 is 5.82 Å². The van der Waals surface area contributed by atoms with Crippen LogP contribution < -0.4 is 14.2 Å². The third kappa shape index (κ3) is 5.57. The molecule has 0 amide bonds. The zero-order valence-corrected chi connectivity index (χ0v) is 22.8. The van der Waals surface area contributed by atoms with Gasteiger partial charge in [0.2, 0.25) is 0 Å². The number of aryl methyl sites for hydroxylation is 2. The van der Waals surface area contributed by atoms with Crippen LogP contribution in [0.15, 0.2) is 86.3 Å². The second kappa shape index (κ2) is 12.0. The van der Waals surface area contributed by atoms with Crippen molar-refractivity contribution >= 4 is 23.5 Å². The molecule has 0 aliphatic rings. The van der Waals surface area contributed by atoms with Crippen molar-refractivity contribution in [2.24, 2.45) is 0 Å². The van der Waals surface area contributed by atoms with E-state index in [0.29, 0.717) is 22.1 Å². The molecule has 0 aromatic heterocycles. The van der Waals surface area contributed by atoms with Crippen LogP contribution in [0.2, 0.25) is 0 Å². The van der Waals surface area contributed by atoms with Crippen molar-refractivity contribution in [3.63, 3.8) is 0 Å². The lowest BCUT2D eigenvalue weighted by Crippen LogP contribution is -2.03. The minimum Gasteiger partial charge on any atom is -0.497 e. The predicted octanol–water partition coefficient (Wildman–Crippen LogP) is 8.30. The Labute approximate surface area is 229 Å². The summed E-state index contributed by atoms with van der Waals surface area (Å²) in [5.41, 5.74) is 1.19. The van der Waals surface area contributed by atoms with Crippen LogP contribution in [0.4, 0.5) is 4.39 Å². The lowest BCUT2D eigenvalue weighted by atomic mass is 10.1. The topological polar surface area (TPSA) is 75.3 Å². The Hall–Kier alpha value is -4.11. The summed E-state index contributed by atoms with van der Waals surface area (Å²) < 4.78 is 32.9. The standard InChI is InChI=1S/C30H23FN2O3S2/c1-18-6-5-7-19(2)27(18)36-28-25(17-33)24(16-32)26(31)29(37-22-12-8-20(34-3)9-13-22)30(28)38-23-14-10-21(35-4)11-15-23/h5-15H,1-4H3. The Balaban J connectivity index is 1.97. The summed E-state index contributed by atoms with van der Waals surface area (Å²) >= 11 is 2.41. The molecule has 8 heteroatoms. The highest BCUT2D eigenvalue weighted by molar-refractivity contribution is 8.02. The summed E-state index contributed by atoms with van der Waals surface area (Å²) in [5.74, 6) is 1.27. The summed E-state index contributed by atoms with van der Waals surface area (Å²) in [5, 5.41) is 20.0. The molecule has 0 fully saturated rings. The van der Waals surface area contributed by atoms with Crippen LogP contribution in [0.25, 0.3) is 0 Å². The van der Waals surface area contributed by atoms with E-state index >= 15 is 4.39 Å². The number of hydrogen-bond acceptors (Lipinski definition) is 7. The largest absolute Gasteiger partial charge is 0.497 e. The van der Waals surface area contributed by atoms with Gasteiger partial charge in [-0.05, 0) is 73.5 Å². The van der Waals surface area contributed by atoms with Gasteiger partial charge in [-0.1, -0.05) is 41.7 Å². The first-order valence-electron chi connectivity index (χ1n) is 11.5. The first-order chi connectivity index (χ1) is 18.4. The number of halogens is 1. The molecule has 0 unspecified atom stereocenters. The van der Waals surface area contributed by atoms with Crippen molar-refractivity contribution < 1.29 is 18.6 Å². The Morgan fingerprint density at radius 1 is 0.658 bits per heavy atom. The van der Waals surface area contributed by atoms with Crippen LogP contribution in [-0.4, -0.2) is 14.2 Å². The van der Waals surface area contributed by atoms with E-state index in [2.05, 4.69) is 0 Å². The van der Waals surface area contributed by atoms with Crippen molar-refractivity contribution in [1.82, 2.24) is 0 Å². The molecular weight excluding hydrogens is 519 g/mol. The maximum Gasteiger partial charge on any atom is 0.161 e. The summed E-state index contributed by atoms with van der Waals surface area (Å²) in [4.78, 5) is 2.09. The summed E-state index contributed by atoms with van der Waals surface area (Å²) in [6.07, 6.45) is 0. The first-order valence-corrected chi connectivity index (χ1v) is 13.1. The molecule has 4 aromatic rings. The molecular formula is C30H23FN2O3S2. The molecule has 0 N–H and O–H groups in total. The van der Waals surface area contributed by atoms with Gasteiger partial charge in [0.15, 0.2) is 11.6 Å². The fourth-order valence-corrected chi connectivity index (χ4v) is 5.79. The van der Waals surface area contributed by atoms with Crippen LogP contribution in [0.1, 0.15) is 22.3 Å². The number of rotatable bonds is 8. The van der Waals surface area contributed by atoms with Crippen molar-refractivity contribution in [1.29, 1.82) is 10.5 Å². The molecule has 5 nitrogen and oxygen atoms in total. The maximum absolute atomic E-state index is 16.0. The molecule has 190 valence electrons. The molecule has 0 aliphatic carbocycles. The van der Waals surface area contributed by atoms with Gasteiger partial charge in [-0.25, -0.2) is 4.39 Å². The SMILES string of the molecule is COc1ccc(Sc2c(F)c(C#N)c(C#N)c(Oc3c(C)cccc3C)c2Sc2ccc(OC)cc2)cc1. The maximum atomic E-state index is 16.0. The van der Waals surface area contributed by atoms with E-state index in [1.54, 1.807) is 50.6 Å². The Morgan fingerprint density at radius 3 is 1.58 bits per heavy atom. The number of methoxy groups -OCH3 is 2. The van der Waals surface area contributed by atoms with Gasteiger partial charge in [0.05, 0.1) is 24.0 Å². The zero-order chi connectivity index (χ0) is 27.2. The third-order valence-corrected chi connectivity index (χ3v) is 8.03. The summed E-state index contributed by atoms with van der Waals surface area (Å²) in [7, 11) is 3.15. The summed E-state index contributed by atoms with van der Waals surface area (Å²) in [6.45, 7) is 3.79. The van der Waals surface area contributed by atoms with E-state index in [1.807, 2.05) is 56.3 Å². The number of nitrogens with zero attached hydrogens (tertiary/aromatic N) is 2. The first kappa shape index (κ1) is 26.9. The molecule has 0 saturated carbocycles. The van der Waals surface area contributed by atoms with Crippen LogP contribution in [-0.2, 0) is 0 Å². The van der Waals surface area contributed by atoms with Gasteiger partial charge in [-0.2, -0.15) is 10.5 Å². The minimum absolute atomic E-state index is 0.139. The van der Waals surface area contributed by atoms with Crippen LogP contribution in [0.3, 0.4) is 0 Å². The molecule has 4 aromatic carbocycles. The van der Waals surface area contributed by atoms with E-state index in [9.17, 15) is 10.5 Å². The number of benzene rings is 4. The highest BCUT2D eigenvalue weighted by Gasteiger charge is 2.28. The minimum atomic E-state index is -0.769. The molecule has 0 atom stereocenters. The molecule has 0 heterocycles.